The van der Waals surface area contributed by atoms with E-state index >= 15 is 0 Å². The molecule has 0 bridgehead atoms. The van der Waals surface area contributed by atoms with Gasteiger partial charge >= 0.3 is 0 Å². The van der Waals surface area contributed by atoms with Gasteiger partial charge in [0.15, 0.2) is 5.69 Å². The normalized spacial score (nSPS) is 18.2. The second-order valence-electron chi connectivity index (χ2n) is 7.87. The molecule has 1 fully saturated rings. The number of aromatic amines is 1. The second kappa shape index (κ2) is 6.85. The Hall–Kier alpha value is -2.47. The van der Waals surface area contributed by atoms with Gasteiger partial charge in [-0.1, -0.05) is 30.3 Å². The first-order chi connectivity index (χ1) is 13.7. The summed E-state index contributed by atoms with van der Waals surface area (Å²) >= 11 is 1.70. The molecule has 0 saturated carbocycles. The van der Waals surface area contributed by atoms with Gasteiger partial charge in [0.05, 0.1) is 10.7 Å². The van der Waals surface area contributed by atoms with E-state index in [0.29, 0.717) is 5.69 Å². The van der Waals surface area contributed by atoms with Crippen LogP contribution in [0, 0.1) is 6.92 Å². The highest BCUT2D eigenvalue weighted by Gasteiger charge is 2.41. The smallest absolute Gasteiger partial charge is 0.274 e. The highest BCUT2D eigenvalue weighted by Crippen LogP contribution is 2.42. The van der Waals surface area contributed by atoms with Gasteiger partial charge in [-0.2, -0.15) is 5.10 Å². The molecule has 28 heavy (non-hydrogen) atoms. The SMILES string of the molecule is Cc1nc(C2(c3ccccc3)CCN(C(=O)c3n[nH]c4c3CCC4)CC2)cs1. The number of nitrogens with one attached hydrogen (secondary N) is 1. The van der Waals surface area contributed by atoms with Crippen LogP contribution in [0.3, 0.4) is 0 Å². The number of rotatable bonds is 3. The topological polar surface area (TPSA) is 61.9 Å². The number of likely N-dealkylation sites (tertiary alicyclic amines) is 1. The van der Waals surface area contributed by atoms with Gasteiger partial charge in [0.25, 0.3) is 5.91 Å². The third kappa shape index (κ3) is 2.78. The lowest BCUT2D eigenvalue weighted by molar-refractivity contribution is 0.0677. The van der Waals surface area contributed by atoms with Crippen LogP contribution in [0.5, 0.6) is 0 Å². The molecular formula is C22H24N4OS. The fourth-order valence-corrected chi connectivity index (χ4v) is 5.48. The van der Waals surface area contributed by atoms with Crippen molar-refractivity contribution in [3.8, 4) is 0 Å². The first kappa shape index (κ1) is 17.6. The molecule has 3 heterocycles. The summed E-state index contributed by atoms with van der Waals surface area (Å²) in [4.78, 5) is 20.0. The van der Waals surface area contributed by atoms with Crippen LogP contribution in [0.4, 0.5) is 0 Å². The maximum absolute atomic E-state index is 13.1. The molecule has 1 aromatic carbocycles. The van der Waals surface area contributed by atoms with Crippen molar-refractivity contribution in [2.75, 3.05) is 13.1 Å². The summed E-state index contributed by atoms with van der Waals surface area (Å²) in [7, 11) is 0. The highest BCUT2D eigenvalue weighted by molar-refractivity contribution is 7.09. The molecule has 0 spiro atoms. The average Bonchev–Trinajstić information content (AvgIpc) is 3.45. The van der Waals surface area contributed by atoms with Gasteiger partial charge in [-0.25, -0.2) is 4.98 Å². The Balaban J connectivity index is 1.42. The van der Waals surface area contributed by atoms with Crippen molar-refractivity contribution in [3.05, 3.63) is 68.9 Å². The molecule has 6 heteroatoms. The van der Waals surface area contributed by atoms with Gasteiger partial charge in [0, 0.05) is 35.1 Å². The largest absolute Gasteiger partial charge is 0.337 e. The van der Waals surface area contributed by atoms with Gasteiger partial charge in [0.2, 0.25) is 0 Å². The van der Waals surface area contributed by atoms with Gasteiger partial charge in [-0.3, -0.25) is 9.89 Å². The Morgan fingerprint density at radius 3 is 2.68 bits per heavy atom. The monoisotopic (exact) mass is 392 g/mol. The van der Waals surface area contributed by atoms with E-state index in [9.17, 15) is 4.79 Å². The van der Waals surface area contributed by atoms with E-state index < -0.39 is 0 Å². The molecular weight excluding hydrogens is 368 g/mol. The van der Waals surface area contributed by atoms with Crippen molar-refractivity contribution in [2.24, 2.45) is 0 Å². The fraction of sp³-hybridized carbons (Fsp3) is 0.409. The Kier molecular flexibility index (Phi) is 4.31. The first-order valence-corrected chi connectivity index (χ1v) is 10.9. The van der Waals surface area contributed by atoms with E-state index in [1.165, 1.54) is 5.56 Å². The summed E-state index contributed by atoms with van der Waals surface area (Å²) < 4.78 is 0. The minimum absolute atomic E-state index is 0.0792. The van der Waals surface area contributed by atoms with Crippen molar-refractivity contribution < 1.29 is 4.79 Å². The van der Waals surface area contributed by atoms with Crippen LogP contribution in [0.25, 0.3) is 0 Å². The maximum atomic E-state index is 13.1. The predicted octanol–water partition coefficient (Wildman–Crippen LogP) is 3.89. The second-order valence-corrected chi connectivity index (χ2v) is 8.94. The first-order valence-electron chi connectivity index (χ1n) is 10.0. The molecule has 1 saturated heterocycles. The van der Waals surface area contributed by atoms with Crippen LogP contribution < -0.4 is 0 Å². The van der Waals surface area contributed by atoms with E-state index in [2.05, 4.69) is 52.8 Å². The summed E-state index contributed by atoms with van der Waals surface area (Å²) in [5, 5.41) is 10.7. The molecule has 1 amide bonds. The lowest BCUT2D eigenvalue weighted by Crippen LogP contribution is -2.46. The molecule has 1 aliphatic carbocycles. The number of amides is 1. The Morgan fingerprint density at radius 1 is 1.18 bits per heavy atom. The quantitative estimate of drug-likeness (QED) is 0.736. The number of aromatic nitrogens is 3. The third-order valence-corrected chi connectivity index (χ3v) is 7.12. The fourth-order valence-electron chi connectivity index (χ4n) is 4.77. The Morgan fingerprint density at radius 2 is 1.96 bits per heavy atom. The van der Waals surface area contributed by atoms with Crippen LogP contribution in [0.2, 0.25) is 0 Å². The van der Waals surface area contributed by atoms with E-state index in [1.807, 2.05) is 4.90 Å². The number of nitrogens with zero attached hydrogens (tertiary/aromatic N) is 3. The van der Waals surface area contributed by atoms with Crippen molar-refractivity contribution in [1.82, 2.24) is 20.1 Å². The van der Waals surface area contributed by atoms with E-state index in [1.54, 1.807) is 11.3 Å². The molecule has 0 atom stereocenters. The van der Waals surface area contributed by atoms with Gasteiger partial charge in [-0.05, 0) is 44.6 Å². The molecule has 1 aliphatic heterocycles. The van der Waals surface area contributed by atoms with Crippen molar-refractivity contribution >= 4 is 17.2 Å². The number of aryl methyl sites for hydroxylation is 2. The van der Waals surface area contributed by atoms with E-state index in [4.69, 9.17) is 4.98 Å². The molecule has 5 rings (SSSR count). The number of benzene rings is 1. The van der Waals surface area contributed by atoms with Gasteiger partial charge < -0.3 is 4.90 Å². The minimum atomic E-state index is -0.115. The van der Waals surface area contributed by atoms with Crippen LogP contribution in [0.15, 0.2) is 35.7 Å². The summed E-state index contributed by atoms with van der Waals surface area (Å²) in [6, 6.07) is 10.7. The van der Waals surface area contributed by atoms with E-state index in [-0.39, 0.29) is 11.3 Å². The molecule has 144 valence electrons. The molecule has 3 aromatic rings. The van der Waals surface area contributed by atoms with Crippen molar-refractivity contribution in [2.45, 2.75) is 44.4 Å². The number of carbonyl (C=O) groups excluding carboxylic acids is 1. The van der Waals surface area contributed by atoms with Crippen LogP contribution >= 0.6 is 11.3 Å². The number of hydrogen-bond acceptors (Lipinski definition) is 4. The third-order valence-electron chi connectivity index (χ3n) is 6.35. The zero-order chi connectivity index (χ0) is 19.1. The zero-order valence-electron chi connectivity index (χ0n) is 16.1. The minimum Gasteiger partial charge on any atom is -0.337 e. The summed E-state index contributed by atoms with van der Waals surface area (Å²) in [5.41, 5.74) is 5.26. The molecule has 2 aliphatic rings. The molecule has 2 aromatic heterocycles. The molecule has 0 unspecified atom stereocenters. The lowest BCUT2D eigenvalue weighted by atomic mass is 9.70. The van der Waals surface area contributed by atoms with Gasteiger partial charge in [-0.15, -0.1) is 11.3 Å². The number of carbonyl (C=O) groups is 1. The van der Waals surface area contributed by atoms with Crippen LogP contribution in [0.1, 0.15) is 57.3 Å². The molecule has 0 radical (unpaired) electrons. The zero-order valence-corrected chi connectivity index (χ0v) is 16.9. The van der Waals surface area contributed by atoms with Crippen molar-refractivity contribution in [1.29, 1.82) is 0 Å². The summed E-state index contributed by atoms with van der Waals surface area (Å²) in [6.45, 7) is 3.52. The van der Waals surface area contributed by atoms with Crippen LogP contribution in [-0.2, 0) is 18.3 Å². The number of piperidine rings is 1. The van der Waals surface area contributed by atoms with Crippen molar-refractivity contribution in [3.63, 3.8) is 0 Å². The lowest BCUT2D eigenvalue weighted by Gasteiger charge is -2.41. The summed E-state index contributed by atoms with van der Waals surface area (Å²) in [5.74, 6) is 0.0792. The number of fused-ring (bicyclic) bond motifs is 1. The van der Waals surface area contributed by atoms with Gasteiger partial charge in [0.1, 0.15) is 0 Å². The standard InChI is InChI=1S/C22H24N4OS/c1-15-23-19(14-28-15)22(16-6-3-2-4-7-16)10-12-26(13-11-22)21(27)20-17-8-5-9-18(17)24-25-20/h2-4,6-7,14H,5,8-13H2,1H3,(H,24,25). The number of H-pyrrole nitrogens is 1. The Labute approximate surface area is 168 Å². The number of thiazole rings is 1. The van der Waals surface area contributed by atoms with E-state index in [0.717, 1.165) is 67.2 Å². The highest BCUT2D eigenvalue weighted by atomic mass is 32.1. The summed E-state index contributed by atoms with van der Waals surface area (Å²) in [6.07, 6.45) is 4.87. The molecule has 1 N–H and O–H groups in total. The average molecular weight is 393 g/mol. The maximum Gasteiger partial charge on any atom is 0.274 e. The van der Waals surface area contributed by atoms with Crippen LogP contribution in [-0.4, -0.2) is 39.1 Å². The predicted molar refractivity (Wildman–Crippen MR) is 110 cm³/mol. The number of hydrogen-bond donors (Lipinski definition) is 1. The Bertz CT molecular complexity index is 999. The molecule has 5 nitrogen and oxygen atoms in total.